The monoisotopic (exact) mass is 451 g/mol. The molecule has 0 amide bonds. The van der Waals surface area contributed by atoms with Crippen molar-refractivity contribution in [3.63, 3.8) is 0 Å². The van der Waals surface area contributed by atoms with Crippen molar-refractivity contribution < 1.29 is 0 Å². The van der Waals surface area contributed by atoms with Crippen LogP contribution in [0.1, 0.15) is 40.2 Å². The van der Waals surface area contributed by atoms with Gasteiger partial charge in [0.2, 0.25) is 0 Å². The van der Waals surface area contributed by atoms with E-state index in [1.807, 2.05) is 58.9 Å². The van der Waals surface area contributed by atoms with Crippen molar-refractivity contribution in [3.05, 3.63) is 65.1 Å². The van der Waals surface area contributed by atoms with Crippen LogP contribution in [0, 0.1) is 0 Å². The smallest absolute Gasteiger partial charge is 0.173 e. The van der Waals surface area contributed by atoms with E-state index in [0.29, 0.717) is 11.4 Å². The van der Waals surface area contributed by atoms with Crippen molar-refractivity contribution >= 4 is 34.9 Å². The molecule has 7 nitrogen and oxygen atoms in total. The molecule has 30 heavy (non-hydrogen) atoms. The molecule has 164 valence electrons. The number of amidine groups is 1. The molecular weight excluding hydrogens is 421 g/mol. The molecule has 0 fully saturated rings. The number of halogens is 2. The minimum absolute atomic E-state index is 0.226. The first kappa shape index (κ1) is 27.4. The highest BCUT2D eigenvalue weighted by molar-refractivity contribution is 6.29. The molecule has 0 saturated carbocycles. The molecule has 0 aliphatic heterocycles. The molecule has 0 spiro atoms. The summed E-state index contributed by atoms with van der Waals surface area (Å²) in [5.74, 6) is 12.2. The molecule has 1 unspecified atom stereocenters. The predicted molar refractivity (Wildman–Crippen MR) is 130 cm³/mol. The number of anilines is 1. The second kappa shape index (κ2) is 15.3. The number of nitrogens with zero attached hydrogens (tertiary/aromatic N) is 4. The van der Waals surface area contributed by atoms with Crippen LogP contribution < -0.4 is 17.4 Å². The quantitative estimate of drug-likeness (QED) is 0.264. The molecule has 2 heterocycles. The fourth-order valence-corrected chi connectivity index (χ4v) is 2.22. The third-order valence-corrected chi connectivity index (χ3v) is 4.07. The van der Waals surface area contributed by atoms with Gasteiger partial charge in [0.05, 0.1) is 11.6 Å². The zero-order valence-electron chi connectivity index (χ0n) is 18.1. The lowest BCUT2D eigenvalue weighted by Gasteiger charge is -2.25. The fraction of sp³-hybridized carbons (Fsp3) is 0.286. The Morgan fingerprint density at radius 1 is 1.27 bits per heavy atom. The second-order valence-electron chi connectivity index (χ2n) is 5.69. The van der Waals surface area contributed by atoms with Gasteiger partial charge in [-0.15, -0.1) is 0 Å². The number of aromatic nitrogens is 2. The van der Waals surface area contributed by atoms with Crippen molar-refractivity contribution in [3.8, 4) is 11.1 Å². The molecule has 2 rings (SSSR count). The Bertz CT molecular complexity index is 833. The van der Waals surface area contributed by atoms with E-state index >= 15 is 0 Å². The van der Waals surface area contributed by atoms with Gasteiger partial charge in [0, 0.05) is 40.3 Å². The third-order valence-electron chi connectivity index (χ3n) is 3.71. The summed E-state index contributed by atoms with van der Waals surface area (Å²) in [6.07, 6.45) is 8.63. The minimum atomic E-state index is -0.226. The summed E-state index contributed by atoms with van der Waals surface area (Å²) >= 11 is 10.9. The Kier molecular flexibility index (Phi) is 13.9. The molecule has 0 aromatic carbocycles. The largest absolute Gasteiger partial charge is 0.383 e. The molecular formula is C21H31Cl2N7. The molecule has 0 aliphatic rings. The molecule has 0 radical (unpaired) electrons. The number of hydrazine groups is 1. The molecule has 1 atom stereocenters. The molecule has 2 aromatic heterocycles. The third kappa shape index (κ3) is 8.82. The highest BCUT2D eigenvalue weighted by Crippen LogP contribution is 2.22. The van der Waals surface area contributed by atoms with Crippen molar-refractivity contribution in [2.75, 3.05) is 5.73 Å². The highest BCUT2D eigenvalue weighted by atomic mass is 35.5. The maximum atomic E-state index is 6.06. The first-order chi connectivity index (χ1) is 14.3. The molecule has 9 heteroatoms. The predicted octanol–water partition coefficient (Wildman–Crippen LogP) is 4.84. The number of hydrogen-bond donors (Lipinski definition) is 3. The van der Waals surface area contributed by atoms with Crippen LogP contribution in [0.5, 0.6) is 0 Å². The van der Waals surface area contributed by atoms with Gasteiger partial charge in [-0.2, -0.15) is 5.10 Å². The molecule has 6 N–H and O–H groups in total. The Hall–Kier alpha value is -2.61. The van der Waals surface area contributed by atoms with E-state index in [2.05, 4.69) is 15.1 Å². The molecule has 0 aliphatic carbocycles. The fourth-order valence-electron chi connectivity index (χ4n) is 2.01. The van der Waals surface area contributed by atoms with E-state index in [9.17, 15) is 0 Å². The molecule has 2 aromatic rings. The standard InChI is InChI=1S/C15H18ClN7.C4H7Cl.C2H6/c1-10(4-5-16)23(19)15(22-18)13-7-12(9-21-14(13)17)11-3-2-6-20-8-11;1-3-4(2)5;1-2/h2-10H,18-19H2,1H3,(H2,17,21);3H,1-2H3;1-2H3/b5-4+,22-15-;4-3+;. The van der Waals surface area contributed by atoms with Gasteiger partial charge in [0.25, 0.3) is 0 Å². The minimum Gasteiger partial charge on any atom is -0.383 e. The summed E-state index contributed by atoms with van der Waals surface area (Å²) in [4.78, 5) is 8.29. The summed E-state index contributed by atoms with van der Waals surface area (Å²) in [5, 5.41) is 5.99. The molecule has 0 saturated heterocycles. The summed E-state index contributed by atoms with van der Waals surface area (Å²) in [5.41, 5.74) is 9.61. The zero-order valence-corrected chi connectivity index (χ0v) is 19.6. The Morgan fingerprint density at radius 2 is 1.90 bits per heavy atom. The topological polar surface area (TPSA) is 119 Å². The average Bonchev–Trinajstić information content (AvgIpc) is 2.78. The van der Waals surface area contributed by atoms with Crippen LogP contribution in [-0.2, 0) is 0 Å². The highest BCUT2D eigenvalue weighted by Gasteiger charge is 2.18. The number of nitrogen functional groups attached to an aromatic ring is 1. The van der Waals surface area contributed by atoms with Crippen molar-refractivity contribution in [2.45, 2.75) is 40.7 Å². The lowest BCUT2D eigenvalue weighted by atomic mass is 10.1. The second-order valence-corrected chi connectivity index (χ2v) is 6.54. The van der Waals surface area contributed by atoms with Crippen LogP contribution in [0.3, 0.4) is 0 Å². The normalized spacial score (nSPS) is 12.4. The number of allylic oxidation sites excluding steroid dienone is 2. The summed E-state index contributed by atoms with van der Waals surface area (Å²) < 4.78 is 0. The van der Waals surface area contributed by atoms with Gasteiger partial charge in [-0.05, 0) is 39.0 Å². The number of rotatable bonds is 4. The lowest BCUT2D eigenvalue weighted by Crippen LogP contribution is -2.44. The van der Waals surface area contributed by atoms with Gasteiger partial charge in [-0.25, -0.2) is 10.8 Å². The van der Waals surface area contributed by atoms with Gasteiger partial charge in [0.15, 0.2) is 5.84 Å². The van der Waals surface area contributed by atoms with E-state index < -0.39 is 0 Å². The maximum absolute atomic E-state index is 6.06. The summed E-state index contributed by atoms with van der Waals surface area (Å²) in [7, 11) is 0. The van der Waals surface area contributed by atoms with Gasteiger partial charge in [-0.1, -0.05) is 49.2 Å². The zero-order chi connectivity index (χ0) is 23.1. The van der Waals surface area contributed by atoms with Crippen LogP contribution in [0.2, 0.25) is 0 Å². The summed E-state index contributed by atoms with van der Waals surface area (Å²) in [6.45, 7) is 9.60. The van der Waals surface area contributed by atoms with Gasteiger partial charge in [0.1, 0.15) is 5.82 Å². The number of pyridine rings is 2. The first-order valence-electron chi connectivity index (χ1n) is 9.39. The van der Waals surface area contributed by atoms with Gasteiger partial charge in [-0.3, -0.25) is 9.99 Å². The maximum Gasteiger partial charge on any atom is 0.173 e. The van der Waals surface area contributed by atoms with Crippen LogP contribution in [0.4, 0.5) is 5.82 Å². The van der Waals surface area contributed by atoms with Crippen LogP contribution in [0.15, 0.2) is 64.6 Å². The van der Waals surface area contributed by atoms with Crippen LogP contribution in [0.25, 0.3) is 11.1 Å². The Morgan fingerprint density at radius 3 is 2.37 bits per heavy atom. The number of hydrogen-bond acceptors (Lipinski definition) is 6. The SMILES string of the molecule is C/C=C(\C)Cl.CC.CC(/C=C/Cl)N(N)/C(=N\N)c1cc(-c2cccnc2)cnc1N. The number of hydrazone groups is 1. The molecule has 0 bridgehead atoms. The number of nitrogens with two attached hydrogens (primary N) is 3. The van der Waals surface area contributed by atoms with Crippen molar-refractivity contribution in [1.29, 1.82) is 0 Å². The van der Waals surface area contributed by atoms with Gasteiger partial charge >= 0.3 is 0 Å². The van der Waals surface area contributed by atoms with E-state index in [-0.39, 0.29) is 11.9 Å². The van der Waals surface area contributed by atoms with Crippen LogP contribution in [-0.4, -0.2) is 26.9 Å². The van der Waals surface area contributed by atoms with Crippen molar-refractivity contribution in [1.82, 2.24) is 15.0 Å². The Balaban J connectivity index is 0.00000105. The van der Waals surface area contributed by atoms with Gasteiger partial charge < -0.3 is 11.6 Å². The van der Waals surface area contributed by atoms with E-state index in [0.717, 1.165) is 16.2 Å². The Labute approximate surface area is 189 Å². The summed E-state index contributed by atoms with van der Waals surface area (Å²) in [6, 6.07) is 5.35. The first-order valence-corrected chi connectivity index (χ1v) is 10.2. The van der Waals surface area contributed by atoms with E-state index in [1.165, 1.54) is 10.5 Å². The van der Waals surface area contributed by atoms with Crippen molar-refractivity contribution in [2.24, 2.45) is 16.8 Å². The van der Waals surface area contributed by atoms with E-state index in [4.69, 9.17) is 40.6 Å². The van der Waals surface area contributed by atoms with E-state index in [1.54, 1.807) is 24.7 Å². The average molecular weight is 452 g/mol. The lowest BCUT2D eigenvalue weighted by molar-refractivity contribution is 0.393. The van der Waals surface area contributed by atoms with Crippen LogP contribution >= 0.6 is 23.2 Å².